The van der Waals surface area contributed by atoms with Gasteiger partial charge in [0.25, 0.3) is 0 Å². The summed E-state index contributed by atoms with van der Waals surface area (Å²) in [7, 11) is 0. The third kappa shape index (κ3) is 2.88. The molecule has 106 valence electrons. The minimum absolute atomic E-state index is 0.0172. The average molecular weight is 272 g/mol. The van der Waals surface area contributed by atoms with E-state index in [1.807, 2.05) is 0 Å². The van der Waals surface area contributed by atoms with E-state index in [9.17, 15) is 18.3 Å². The summed E-state index contributed by atoms with van der Waals surface area (Å²) in [5.41, 5.74) is 0.0446. The highest BCUT2D eigenvalue weighted by molar-refractivity contribution is 5.46. The van der Waals surface area contributed by atoms with Gasteiger partial charge in [-0.1, -0.05) is 26.7 Å². The van der Waals surface area contributed by atoms with Gasteiger partial charge in [-0.2, -0.15) is 13.2 Å². The van der Waals surface area contributed by atoms with Gasteiger partial charge >= 0.3 is 6.18 Å². The number of alkyl halides is 3. The first kappa shape index (κ1) is 14.2. The van der Waals surface area contributed by atoms with E-state index in [2.05, 4.69) is 0 Å². The van der Waals surface area contributed by atoms with Crippen molar-refractivity contribution in [3.63, 3.8) is 0 Å². The van der Waals surface area contributed by atoms with Crippen molar-refractivity contribution >= 4 is 0 Å². The second-order valence-corrected chi connectivity index (χ2v) is 5.63. The third-order valence-corrected chi connectivity index (χ3v) is 3.92. The maximum atomic E-state index is 13.1. The predicted molar refractivity (Wildman–Crippen MR) is 68.4 cm³/mol. The maximum absolute atomic E-state index is 13.1. The number of aromatic hydroxyl groups is 1. The van der Waals surface area contributed by atoms with Crippen molar-refractivity contribution in [2.45, 2.75) is 57.5 Å². The number of hydrogen-bond acceptors (Lipinski definition) is 1. The van der Waals surface area contributed by atoms with Crippen LogP contribution in [0.15, 0.2) is 12.1 Å². The van der Waals surface area contributed by atoms with Crippen LogP contribution in [0.2, 0.25) is 0 Å². The summed E-state index contributed by atoms with van der Waals surface area (Å²) in [5.74, 6) is -0.175. The second-order valence-electron chi connectivity index (χ2n) is 5.63. The zero-order valence-corrected chi connectivity index (χ0v) is 11.2. The first-order valence-electron chi connectivity index (χ1n) is 6.74. The molecule has 2 rings (SSSR count). The highest BCUT2D eigenvalue weighted by Crippen LogP contribution is 2.44. The fraction of sp³-hybridized carbons (Fsp3) is 0.600. The molecular formula is C15H19F3O. The van der Waals surface area contributed by atoms with Gasteiger partial charge in [-0.05, 0) is 47.9 Å². The molecule has 0 bridgehead atoms. The Hall–Kier alpha value is -1.19. The molecule has 0 spiro atoms. The molecule has 1 fully saturated rings. The van der Waals surface area contributed by atoms with Crippen molar-refractivity contribution in [3.05, 3.63) is 28.8 Å². The number of hydrogen-bond donors (Lipinski definition) is 1. The first-order valence-corrected chi connectivity index (χ1v) is 6.74. The largest absolute Gasteiger partial charge is 0.508 e. The lowest BCUT2D eigenvalue weighted by molar-refractivity contribution is -0.138. The summed E-state index contributed by atoms with van der Waals surface area (Å²) in [6, 6.07) is 2.47. The van der Waals surface area contributed by atoms with E-state index < -0.39 is 11.7 Å². The summed E-state index contributed by atoms with van der Waals surface area (Å²) in [4.78, 5) is 0. The Bertz CT molecular complexity index is 457. The van der Waals surface area contributed by atoms with Crippen LogP contribution < -0.4 is 0 Å². The van der Waals surface area contributed by atoms with Gasteiger partial charge in [0.2, 0.25) is 0 Å². The quantitative estimate of drug-likeness (QED) is 0.785. The van der Waals surface area contributed by atoms with Crippen LogP contribution in [0.5, 0.6) is 5.75 Å². The molecule has 0 unspecified atom stereocenters. The van der Waals surface area contributed by atoms with Gasteiger partial charge in [-0.25, -0.2) is 0 Å². The lowest BCUT2D eigenvalue weighted by atomic mass is 9.89. The van der Waals surface area contributed by atoms with E-state index in [-0.39, 0.29) is 23.1 Å². The standard InChI is InChI=1S/C15H19F3O/c1-9(2)11-8-14(19)12(10-5-3-4-6-10)7-13(11)15(16,17)18/h7-10,19H,3-6H2,1-2H3. The van der Waals surface area contributed by atoms with Crippen LogP contribution >= 0.6 is 0 Å². The number of rotatable bonds is 2. The molecule has 0 heterocycles. The SMILES string of the molecule is CC(C)c1cc(O)c(C2CCCC2)cc1C(F)(F)F. The Morgan fingerprint density at radius 1 is 1.16 bits per heavy atom. The Labute approximate surface area is 111 Å². The van der Waals surface area contributed by atoms with Crippen molar-refractivity contribution in [2.75, 3.05) is 0 Å². The summed E-state index contributed by atoms with van der Waals surface area (Å²) < 4.78 is 39.4. The number of phenolic OH excluding ortho intramolecular Hbond substituents is 1. The molecule has 0 radical (unpaired) electrons. The molecule has 0 aliphatic heterocycles. The van der Waals surface area contributed by atoms with Crippen molar-refractivity contribution in [3.8, 4) is 5.75 Å². The minimum atomic E-state index is -4.36. The molecule has 0 saturated heterocycles. The van der Waals surface area contributed by atoms with E-state index in [0.29, 0.717) is 5.56 Å². The monoisotopic (exact) mass is 272 g/mol. The molecule has 1 saturated carbocycles. The van der Waals surface area contributed by atoms with Gasteiger partial charge in [-0.15, -0.1) is 0 Å². The molecule has 0 atom stereocenters. The van der Waals surface area contributed by atoms with Crippen LogP contribution in [-0.4, -0.2) is 5.11 Å². The Balaban J connectivity index is 2.52. The summed E-state index contributed by atoms with van der Waals surface area (Å²) in [6.07, 6.45) is -0.576. The highest BCUT2D eigenvalue weighted by Gasteiger charge is 2.36. The lowest BCUT2D eigenvalue weighted by Crippen LogP contribution is -2.12. The van der Waals surface area contributed by atoms with Crippen LogP contribution in [-0.2, 0) is 6.18 Å². The van der Waals surface area contributed by atoms with Crippen LogP contribution in [0.3, 0.4) is 0 Å². The smallest absolute Gasteiger partial charge is 0.416 e. The van der Waals surface area contributed by atoms with E-state index in [0.717, 1.165) is 25.7 Å². The van der Waals surface area contributed by atoms with Crippen LogP contribution in [0.1, 0.15) is 68.1 Å². The molecule has 1 aromatic rings. The van der Waals surface area contributed by atoms with Crippen LogP contribution in [0.4, 0.5) is 13.2 Å². The zero-order chi connectivity index (χ0) is 14.2. The zero-order valence-electron chi connectivity index (χ0n) is 11.2. The summed E-state index contributed by atoms with van der Waals surface area (Å²) >= 11 is 0. The van der Waals surface area contributed by atoms with Crippen molar-refractivity contribution in [2.24, 2.45) is 0 Å². The van der Waals surface area contributed by atoms with Gasteiger partial charge in [0.1, 0.15) is 5.75 Å². The molecule has 0 amide bonds. The van der Waals surface area contributed by atoms with E-state index in [4.69, 9.17) is 0 Å². The molecule has 19 heavy (non-hydrogen) atoms. The van der Waals surface area contributed by atoms with E-state index >= 15 is 0 Å². The molecule has 1 nitrogen and oxygen atoms in total. The van der Waals surface area contributed by atoms with E-state index in [1.165, 1.54) is 12.1 Å². The Morgan fingerprint density at radius 2 is 1.74 bits per heavy atom. The summed E-state index contributed by atoms with van der Waals surface area (Å²) in [6.45, 7) is 3.42. The fourth-order valence-electron chi connectivity index (χ4n) is 2.91. The Morgan fingerprint density at radius 3 is 2.21 bits per heavy atom. The predicted octanol–water partition coefficient (Wildman–Crippen LogP) is 5.19. The van der Waals surface area contributed by atoms with Gasteiger partial charge in [0.15, 0.2) is 0 Å². The van der Waals surface area contributed by atoms with Crippen molar-refractivity contribution < 1.29 is 18.3 Å². The molecule has 1 aliphatic carbocycles. The van der Waals surface area contributed by atoms with Gasteiger partial charge in [0.05, 0.1) is 5.56 Å². The molecule has 0 aromatic heterocycles. The normalized spacial score (nSPS) is 17.4. The minimum Gasteiger partial charge on any atom is -0.508 e. The van der Waals surface area contributed by atoms with Crippen molar-refractivity contribution in [1.29, 1.82) is 0 Å². The van der Waals surface area contributed by atoms with Crippen LogP contribution in [0, 0.1) is 0 Å². The van der Waals surface area contributed by atoms with Gasteiger partial charge in [-0.3, -0.25) is 0 Å². The van der Waals surface area contributed by atoms with Gasteiger partial charge in [0, 0.05) is 0 Å². The molecule has 4 heteroatoms. The third-order valence-electron chi connectivity index (χ3n) is 3.92. The summed E-state index contributed by atoms with van der Waals surface area (Å²) in [5, 5.41) is 10.0. The Kier molecular flexibility index (Phi) is 3.79. The fourth-order valence-corrected chi connectivity index (χ4v) is 2.91. The molecule has 1 N–H and O–H groups in total. The van der Waals surface area contributed by atoms with Crippen LogP contribution in [0.25, 0.3) is 0 Å². The highest BCUT2D eigenvalue weighted by atomic mass is 19.4. The van der Waals surface area contributed by atoms with E-state index in [1.54, 1.807) is 13.8 Å². The lowest BCUT2D eigenvalue weighted by Gasteiger charge is -2.20. The second kappa shape index (κ2) is 5.06. The topological polar surface area (TPSA) is 20.2 Å². The average Bonchev–Trinajstić information content (AvgIpc) is 2.80. The number of benzene rings is 1. The maximum Gasteiger partial charge on any atom is 0.416 e. The van der Waals surface area contributed by atoms with Gasteiger partial charge < -0.3 is 5.11 Å². The number of phenols is 1. The molecular weight excluding hydrogens is 253 g/mol. The molecule has 1 aliphatic rings. The molecule has 1 aromatic carbocycles. The van der Waals surface area contributed by atoms with Crippen molar-refractivity contribution in [1.82, 2.24) is 0 Å². The first-order chi connectivity index (χ1) is 8.80. The number of halogens is 3.